The van der Waals surface area contributed by atoms with Gasteiger partial charge in [0.2, 0.25) is 17.5 Å². The summed E-state index contributed by atoms with van der Waals surface area (Å²) < 4.78 is 34.3. The molecule has 0 aliphatic carbocycles. The van der Waals surface area contributed by atoms with Crippen molar-refractivity contribution in [3.63, 3.8) is 0 Å². The van der Waals surface area contributed by atoms with Crippen molar-refractivity contribution in [2.24, 2.45) is 0 Å². The Hall–Kier alpha value is -5.24. The number of carbonyl (C=O) groups is 1. The van der Waals surface area contributed by atoms with Crippen molar-refractivity contribution in [2.45, 2.75) is 68.3 Å². The number of aliphatic hydroxyl groups is 5. The lowest BCUT2D eigenvalue weighted by molar-refractivity contribution is -0.319. The monoisotopic (exact) mass is 740 g/mol. The van der Waals surface area contributed by atoms with Crippen molar-refractivity contribution in [3.8, 4) is 40.1 Å². The summed E-state index contributed by atoms with van der Waals surface area (Å²) in [5.41, 5.74) is -0.569. The highest BCUT2D eigenvalue weighted by Crippen LogP contribution is 2.38. The number of phenolic OH excluding ortho intramolecular Hbond substituents is 4. The molecule has 53 heavy (non-hydrogen) atoms. The smallest absolute Gasteiger partial charge is 0.331 e. The van der Waals surface area contributed by atoms with E-state index >= 15 is 0 Å². The standard InChI is InChI=1S/C36H36O17/c1-15-26(42)28(44)30(46)35(49-15)48-14-23-33(52-24(41)11-4-16-2-7-18(37)8-3-16)29(45)31(47)36(51-23)53-34-27(43)25-21(40)12-20(39)13-22(25)50-32(34)17-5-9-19(38)10-6-17/h2-13,15,23,26,28-31,33,35-40,42,44-47H,14H2,1H3/b11-4+/t15-,23-,26+,28+,29+,30-,31-,33+,35-,36+/m1/s1. The number of carbonyl (C=O) groups excluding carboxylic acids is 1. The fraction of sp³-hybridized carbons (Fsp3) is 0.333. The predicted molar refractivity (Wildman–Crippen MR) is 180 cm³/mol. The van der Waals surface area contributed by atoms with Crippen LogP contribution in [-0.2, 0) is 23.7 Å². The molecule has 0 radical (unpaired) electrons. The zero-order valence-electron chi connectivity index (χ0n) is 27.7. The Labute approximate surface area is 299 Å². The molecule has 2 saturated heterocycles. The van der Waals surface area contributed by atoms with Crippen molar-refractivity contribution >= 4 is 23.0 Å². The highest BCUT2D eigenvalue weighted by atomic mass is 16.7. The maximum absolute atomic E-state index is 13.9. The summed E-state index contributed by atoms with van der Waals surface area (Å²) in [4.78, 5) is 26.8. The van der Waals surface area contributed by atoms with Crippen molar-refractivity contribution in [2.75, 3.05) is 6.61 Å². The third-order valence-electron chi connectivity index (χ3n) is 8.71. The van der Waals surface area contributed by atoms with E-state index in [0.29, 0.717) is 5.56 Å². The Morgan fingerprint density at radius 1 is 0.774 bits per heavy atom. The highest BCUT2D eigenvalue weighted by Gasteiger charge is 2.50. The van der Waals surface area contributed by atoms with Gasteiger partial charge in [-0.25, -0.2) is 4.79 Å². The molecule has 0 bridgehead atoms. The van der Waals surface area contributed by atoms with Gasteiger partial charge in [0, 0.05) is 23.8 Å². The molecular weight excluding hydrogens is 704 g/mol. The van der Waals surface area contributed by atoms with E-state index in [-0.39, 0.29) is 28.4 Å². The van der Waals surface area contributed by atoms with E-state index in [1.165, 1.54) is 61.5 Å². The zero-order valence-corrected chi connectivity index (χ0v) is 27.7. The first-order chi connectivity index (χ1) is 25.2. The van der Waals surface area contributed by atoms with Gasteiger partial charge in [-0.05, 0) is 55.0 Å². The second kappa shape index (κ2) is 15.4. The molecule has 3 heterocycles. The van der Waals surface area contributed by atoms with Gasteiger partial charge in [0.05, 0.1) is 12.7 Å². The number of hydrogen-bond acceptors (Lipinski definition) is 17. The lowest BCUT2D eigenvalue weighted by Gasteiger charge is -2.43. The highest BCUT2D eigenvalue weighted by molar-refractivity contribution is 5.88. The van der Waals surface area contributed by atoms with Gasteiger partial charge in [-0.15, -0.1) is 0 Å². The second-order valence-electron chi connectivity index (χ2n) is 12.5. The van der Waals surface area contributed by atoms with Gasteiger partial charge in [-0.3, -0.25) is 4.79 Å². The van der Waals surface area contributed by atoms with Crippen LogP contribution < -0.4 is 10.2 Å². The minimum atomic E-state index is -2.03. The number of aliphatic hydroxyl groups excluding tert-OH is 5. The molecule has 0 saturated carbocycles. The number of benzene rings is 3. The summed E-state index contributed by atoms with van der Waals surface area (Å²) in [5.74, 6) is -3.17. The van der Waals surface area contributed by atoms with Crippen molar-refractivity contribution in [1.82, 2.24) is 0 Å². The summed E-state index contributed by atoms with van der Waals surface area (Å²) in [7, 11) is 0. The normalized spacial score (nSPS) is 28.9. The van der Waals surface area contributed by atoms with Crippen LogP contribution in [0.2, 0.25) is 0 Å². The molecule has 6 rings (SSSR count). The number of esters is 1. The molecule has 282 valence electrons. The van der Waals surface area contributed by atoms with Gasteiger partial charge in [0.15, 0.2) is 18.2 Å². The first-order valence-corrected chi connectivity index (χ1v) is 16.2. The lowest BCUT2D eigenvalue weighted by atomic mass is 9.98. The number of aromatic hydroxyl groups is 4. The first kappa shape index (κ1) is 37.5. The molecule has 0 unspecified atom stereocenters. The molecule has 2 fully saturated rings. The van der Waals surface area contributed by atoms with E-state index in [4.69, 9.17) is 28.1 Å². The van der Waals surface area contributed by atoms with Gasteiger partial charge in [0.1, 0.15) is 70.6 Å². The number of phenols is 4. The average Bonchev–Trinajstić information content (AvgIpc) is 3.12. The van der Waals surface area contributed by atoms with Crippen LogP contribution in [-0.4, -0.2) is 120 Å². The molecule has 17 heteroatoms. The van der Waals surface area contributed by atoms with E-state index in [9.17, 15) is 55.5 Å². The molecule has 9 N–H and O–H groups in total. The average molecular weight is 741 g/mol. The number of fused-ring (bicyclic) bond motifs is 1. The van der Waals surface area contributed by atoms with Crippen LogP contribution in [0.5, 0.6) is 28.7 Å². The lowest BCUT2D eigenvalue weighted by Crippen LogP contribution is -2.62. The van der Waals surface area contributed by atoms with Crippen LogP contribution in [0.25, 0.3) is 28.4 Å². The summed E-state index contributed by atoms with van der Waals surface area (Å²) >= 11 is 0. The summed E-state index contributed by atoms with van der Waals surface area (Å²) in [6, 6.07) is 13.0. The SMILES string of the molecule is C[C@H]1O[C@@H](OC[C@H]2O[C@@H](Oc3c(-c4ccc(O)cc4)oc4cc(O)cc(O)c4c3=O)[C@H](O)[C@H](O)[C@H]2OC(=O)/C=C/c2ccc(O)cc2)[C@H](O)[C@@H](O)[C@H]1O. The molecule has 2 aliphatic heterocycles. The van der Waals surface area contributed by atoms with E-state index in [2.05, 4.69) is 0 Å². The first-order valence-electron chi connectivity index (χ1n) is 16.2. The molecule has 0 spiro atoms. The number of hydrogen-bond donors (Lipinski definition) is 9. The predicted octanol–water partition coefficient (Wildman–Crippen LogP) is 0.577. The van der Waals surface area contributed by atoms with Gasteiger partial charge in [-0.1, -0.05) is 12.1 Å². The second-order valence-corrected chi connectivity index (χ2v) is 12.5. The molecule has 1 aromatic heterocycles. The third-order valence-corrected chi connectivity index (χ3v) is 8.71. The van der Waals surface area contributed by atoms with Crippen LogP contribution in [0.1, 0.15) is 12.5 Å². The topological polar surface area (TPSA) is 275 Å². The molecular formula is C36H36O17. The van der Waals surface area contributed by atoms with Crippen molar-refractivity contribution in [1.29, 1.82) is 0 Å². The summed E-state index contributed by atoms with van der Waals surface area (Å²) in [6.45, 7) is 0.764. The fourth-order valence-corrected chi connectivity index (χ4v) is 5.84. The Balaban J connectivity index is 1.33. The minimum absolute atomic E-state index is 0.00274. The Morgan fingerprint density at radius 3 is 2.09 bits per heavy atom. The third kappa shape index (κ3) is 7.92. The molecule has 0 amide bonds. The molecule has 4 aromatic rings. The van der Waals surface area contributed by atoms with E-state index in [1.807, 2.05) is 0 Å². The van der Waals surface area contributed by atoms with Crippen LogP contribution in [0.4, 0.5) is 0 Å². The Morgan fingerprint density at radius 2 is 1.42 bits per heavy atom. The van der Waals surface area contributed by atoms with Gasteiger partial charge < -0.3 is 74.1 Å². The molecule has 2 aliphatic rings. The maximum Gasteiger partial charge on any atom is 0.331 e. The molecule has 3 aromatic carbocycles. The largest absolute Gasteiger partial charge is 0.508 e. The quantitative estimate of drug-likeness (QED) is 0.0838. The van der Waals surface area contributed by atoms with Gasteiger partial charge in [0.25, 0.3) is 0 Å². The maximum atomic E-state index is 13.9. The van der Waals surface area contributed by atoms with Crippen LogP contribution in [0, 0.1) is 0 Å². The minimum Gasteiger partial charge on any atom is -0.508 e. The van der Waals surface area contributed by atoms with E-state index in [1.54, 1.807) is 0 Å². The summed E-state index contributed by atoms with van der Waals surface area (Å²) in [6.07, 6.45) is -14.2. The fourth-order valence-electron chi connectivity index (χ4n) is 5.84. The van der Waals surface area contributed by atoms with E-state index < -0.39 is 102 Å². The van der Waals surface area contributed by atoms with Crippen LogP contribution >= 0.6 is 0 Å². The van der Waals surface area contributed by atoms with Crippen molar-refractivity contribution < 1.29 is 78.9 Å². The number of ether oxygens (including phenoxy) is 5. The summed E-state index contributed by atoms with van der Waals surface area (Å²) in [5, 5.41) is 92.9. The van der Waals surface area contributed by atoms with Crippen LogP contribution in [0.3, 0.4) is 0 Å². The van der Waals surface area contributed by atoms with Crippen LogP contribution in [0.15, 0.2) is 76.0 Å². The Kier molecular flexibility index (Phi) is 10.9. The number of rotatable bonds is 9. The van der Waals surface area contributed by atoms with Crippen molar-refractivity contribution in [3.05, 3.63) is 82.5 Å². The van der Waals surface area contributed by atoms with Gasteiger partial charge >= 0.3 is 5.97 Å². The van der Waals surface area contributed by atoms with E-state index in [0.717, 1.165) is 18.2 Å². The zero-order chi connectivity index (χ0) is 38.1. The van der Waals surface area contributed by atoms with Gasteiger partial charge in [-0.2, -0.15) is 0 Å². The molecule has 17 nitrogen and oxygen atoms in total. The molecule has 10 atom stereocenters. The Bertz CT molecular complexity index is 2010.